The third-order valence-electron chi connectivity index (χ3n) is 4.68. The smallest absolute Gasteiger partial charge is 0.314 e. The fourth-order valence-electron chi connectivity index (χ4n) is 3.03. The third-order valence-corrected chi connectivity index (χ3v) is 4.68. The van der Waals surface area contributed by atoms with Gasteiger partial charge in [0.25, 0.3) is 0 Å². The summed E-state index contributed by atoms with van der Waals surface area (Å²) in [6, 6.07) is 0. The third kappa shape index (κ3) is 20.8. The summed E-state index contributed by atoms with van der Waals surface area (Å²) in [5.41, 5.74) is 0. The van der Waals surface area contributed by atoms with Crippen LogP contribution >= 0.6 is 0 Å². The van der Waals surface area contributed by atoms with E-state index in [1.807, 2.05) is 0 Å². The topological polar surface area (TPSA) is 80.7 Å². The van der Waals surface area contributed by atoms with Crippen molar-refractivity contribution < 1.29 is 24.2 Å². The molecule has 0 aliphatic rings. The first kappa shape index (κ1) is 25.6. The van der Waals surface area contributed by atoms with Crippen molar-refractivity contribution in [3.05, 3.63) is 0 Å². The molecule has 5 nitrogen and oxygen atoms in total. The summed E-state index contributed by atoms with van der Waals surface area (Å²) in [5, 5.41) is 8.46. The maximum Gasteiger partial charge on any atom is 0.314 e. The van der Waals surface area contributed by atoms with Gasteiger partial charge in [-0.2, -0.15) is 0 Å². The first-order valence-electron chi connectivity index (χ1n) is 10.9. The quantitative estimate of drug-likeness (QED) is 0.177. The van der Waals surface area contributed by atoms with E-state index in [9.17, 15) is 14.4 Å². The SMILES string of the molecule is CC(C)CCCCCCCCCCCCCCC(=O)OC(=O)CCC(=O)O. The highest BCUT2D eigenvalue weighted by Crippen LogP contribution is 2.14. The van der Waals surface area contributed by atoms with Crippen LogP contribution in [0.3, 0.4) is 0 Å². The van der Waals surface area contributed by atoms with Crippen LogP contribution in [0.1, 0.15) is 117 Å². The van der Waals surface area contributed by atoms with Crippen LogP contribution in [0.15, 0.2) is 0 Å². The van der Waals surface area contributed by atoms with Crippen LogP contribution in [0.25, 0.3) is 0 Å². The molecule has 158 valence electrons. The van der Waals surface area contributed by atoms with Crippen LogP contribution in [0.2, 0.25) is 0 Å². The lowest BCUT2D eigenvalue weighted by Gasteiger charge is -2.05. The molecule has 0 saturated carbocycles. The van der Waals surface area contributed by atoms with E-state index in [1.54, 1.807) is 0 Å². The predicted octanol–water partition coefficient (Wildman–Crippen LogP) is 6.04. The zero-order chi connectivity index (χ0) is 20.3. The Morgan fingerprint density at radius 3 is 1.48 bits per heavy atom. The summed E-state index contributed by atoms with van der Waals surface area (Å²) in [4.78, 5) is 33.0. The molecule has 27 heavy (non-hydrogen) atoms. The van der Waals surface area contributed by atoms with Crippen LogP contribution in [0, 0.1) is 5.92 Å². The summed E-state index contributed by atoms with van der Waals surface area (Å²) in [6.45, 7) is 4.58. The number of hydrogen-bond acceptors (Lipinski definition) is 4. The number of carboxylic acids is 1. The summed E-state index contributed by atoms with van der Waals surface area (Å²) in [6.07, 6.45) is 15.8. The summed E-state index contributed by atoms with van der Waals surface area (Å²) >= 11 is 0. The molecule has 0 atom stereocenters. The summed E-state index contributed by atoms with van der Waals surface area (Å²) < 4.78 is 4.58. The molecule has 0 bridgehead atoms. The highest BCUT2D eigenvalue weighted by molar-refractivity contribution is 5.86. The van der Waals surface area contributed by atoms with Crippen LogP contribution in [0.4, 0.5) is 0 Å². The number of unbranched alkanes of at least 4 members (excludes halogenated alkanes) is 11. The molecule has 0 amide bonds. The Bertz CT molecular complexity index is 404. The van der Waals surface area contributed by atoms with Gasteiger partial charge in [0.1, 0.15) is 0 Å². The van der Waals surface area contributed by atoms with Crippen LogP contribution in [-0.2, 0) is 19.1 Å². The molecular weight excluding hydrogens is 344 g/mol. The number of rotatable bonds is 18. The lowest BCUT2D eigenvalue weighted by molar-refractivity contribution is -0.161. The van der Waals surface area contributed by atoms with Crippen LogP contribution in [-0.4, -0.2) is 23.0 Å². The van der Waals surface area contributed by atoms with Gasteiger partial charge in [-0.25, -0.2) is 0 Å². The molecule has 0 unspecified atom stereocenters. The summed E-state index contributed by atoms with van der Waals surface area (Å²) in [5.74, 6) is -1.52. The van der Waals surface area contributed by atoms with Gasteiger partial charge < -0.3 is 9.84 Å². The van der Waals surface area contributed by atoms with Crippen molar-refractivity contribution in [3.8, 4) is 0 Å². The molecule has 0 aromatic rings. The molecule has 0 aliphatic carbocycles. The molecule has 5 heteroatoms. The molecular formula is C22H40O5. The number of carbonyl (C=O) groups is 3. The average Bonchev–Trinajstić information content (AvgIpc) is 2.60. The van der Waals surface area contributed by atoms with Crippen LogP contribution in [0.5, 0.6) is 0 Å². The Hall–Kier alpha value is -1.39. The standard InChI is InChI=1S/C22H40O5/c1-19(2)15-13-11-9-7-5-3-4-6-8-10-12-14-16-21(25)27-22(26)18-17-20(23)24/h19H,3-18H2,1-2H3,(H,23,24). The molecule has 0 saturated heterocycles. The minimum absolute atomic E-state index is 0.232. The minimum atomic E-state index is -1.07. The van der Waals surface area contributed by atoms with Gasteiger partial charge >= 0.3 is 17.9 Å². The molecule has 0 aliphatic heterocycles. The van der Waals surface area contributed by atoms with Gasteiger partial charge in [0.2, 0.25) is 0 Å². The first-order valence-corrected chi connectivity index (χ1v) is 10.9. The number of aliphatic carboxylic acids is 1. The number of hydrogen-bond donors (Lipinski definition) is 1. The van der Waals surface area contributed by atoms with Gasteiger partial charge in [0.05, 0.1) is 12.8 Å². The molecule has 0 radical (unpaired) electrons. The predicted molar refractivity (Wildman–Crippen MR) is 107 cm³/mol. The van der Waals surface area contributed by atoms with E-state index in [2.05, 4.69) is 18.6 Å². The molecule has 0 fully saturated rings. The van der Waals surface area contributed by atoms with Gasteiger partial charge in [0, 0.05) is 6.42 Å². The van der Waals surface area contributed by atoms with Gasteiger partial charge in [-0.1, -0.05) is 90.9 Å². The van der Waals surface area contributed by atoms with Crippen LogP contribution < -0.4 is 0 Å². The minimum Gasteiger partial charge on any atom is -0.481 e. The lowest BCUT2D eigenvalue weighted by atomic mass is 10.0. The second kappa shape index (κ2) is 18.0. The van der Waals surface area contributed by atoms with Gasteiger partial charge in [-0.3, -0.25) is 14.4 Å². The van der Waals surface area contributed by atoms with E-state index in [1.165, 1.54) is 64.2 Å². The van der Waals surface area contributed by atoms with Gasteiger partial charge in [-0.15, -0.1) is 0 Å². The van der Waals surface area contributed by atoms with Crippen molar-refractivity contribution in [2.75, 3.05) is 0 Å². The normalized spacial score (nSPS) is 10.9. The van der Waals surface area contributed by atoms with E-state index < -0.39 is 17.9 Å². The highest BCUT2D eigenvalue weighted by atomic mass is 16.6. The lowest BCUT2D eigenvalue weighted by Crippen LogP contribution is -2.13. The fraction of sp³-hybridized carbons (Fsp3) is 0.864. The number of esters is 2. The molecule has 0 aromatic heterocycles. The molecule has 0 spiro atoms. The highest BCUT2D eigenvalue weighted by Gasteiger charge is 2.11. The van der Waals surface area contributed by atoms with E-state index in [-0.39, 0.29) is 19.3 Å². The first-order chi connectivity index (χ1) is 12.9. The second-order valence-corrected chi connectivity index (χ2v) is 7.91. The number of carbonyl (C=O) groups excluding carboxylic acids is 2. The fourth-order valence-corrected chi connectivity index (χ4v) is 3.03. The maximum atomic E-state index is 11.4. The van der Waals surface area contributed by atoms with E-state index >= 15 is 0 Å². The number of carboxylic acid groups (broad SMARTS) is 1. The van der Waals surface area contributed by atoms with Crippen molar-refractivity contribution in [1.82, 2.24) is 0 Å². The molecule has 0 heterocycles. The largest absolute Gasteiger partial charge is 0.481 e. The van der Waals surface area contributed by atoms with E-state index in [0.717, 1.165) is 25.2 Å². The Kier molecular flexibility index (Phi) is 17.1. The van der Waals surface area contributed by atoms with Gasteiger partial charge in [-0.05, 0) is 12.3 Å². The Morgan fingerprint density at radius 2 is 1.04 bits per heavy atom. The average molecular weight is 385 g/mol. The van der Waals surface area contributed by atoms with Crippen molar-refractivity contribution in [2.45, 2.75) is 117 Å². The zero-order valence-electron chi connectivity index (χ0n) is 17.5. The molecule has 1 N–H and O–H groups in total. The Balaban J connectivity index is 3.27. The zero-order valence-corrected chi connectivity index (χ0v) is 17.5. The van der Waals surface area contributed by atoms with Gasteiger partial charge in [0.15, 0.2) is 0 Å². The summed E-state index contributed by atoms with van der Waals surface area (Å²) in [7, 11) is 0. The second-order valence-electron chi connectivity index (χ2n) is 7.91. The Labute approximate surface area is 165 Å². The maximum absolute atomic E-state index is 11.4. The van der Waals surface area contributed by atoms with Crippen molar-refractivity contribution in [2.24, 2.45) is 5.92 Å². The van der Waals surface area contributed by atoms with Crippen molar-refractivity contribution in [3.63, 3.8) is 0 Å². The Morgan fingerprint density at radius 1 is 0.630 bits per heavy atom. The van der Waals surface area contributed by atoms with Crippen molar-refractivity contribution in [1.29, 1.82) is 0 Å². The number of ether oxygens (including phenoxy) is 1. The van der Waals surface area contributed by atoms with Crippen molar-refractivity contribution >= 4 is 17.9 Å². The molecule has 0 rings (SSSR count). The monoisotopic (exact) mass is 384 g/mol. The van der Waals surface area contributed by atoms with E-state index in [4.69, 9.17) is 5.11 Å². The molecule has 0 aromatic carbocycles. The van der Waals surface area contributed by atoms with E-state index in [0.29, 0.717) is 0 Å².